The molecule has 6 N–H and O–H groups in total. The summed E-state index contributed by atoms with van der Waals surface area (Å²) in [6.07, 6.45) is 5.14. The molecule has 2 fully saturated rings. The number of ether oxygens (including phenoxy) is 1. The van der Waals surface area contributed by atoms with Crippen molar-refractivity contribution in [2.75, 3.05) is 12.8 Å². The zero-order valence-electron chi connectivity index (χ0n) is 22.4. The fourth-order valence-corrected chi connectivity index (χ4v) is 6.36. The number of rotatable bonds is 11. The molecule has 1 amide bonds. The third-order valence-electron chi connectivity index (χ3n) is 8.21. The Morgan fingerprint density at radius 2 is 1.71 bits per heavy atom. The van der Waals surface area contributed by atoms with Crippen LogP contribution in [0.4, 0.5) is 0 Å². The van der Waals surface area contributed by atoms with Crippen LogP contribution in [0, 0.1) is 6.92 Å². The number of aryl methyl sites for hydroxylation is 2. The van der Waals surface area contributed by atoms with Gasteiger partial charge in [0.2, 0.25) is 5.91 Å². The first-order valence-corrected chi connectivity index (χ1v) is 15.0. The summed E-state index contributed by atoms with van der Waals surface area (Å²) in [7, 11) is 0. The Labute approximate surface area is 230 Å². The molecule has 2 aromatic carbocycles. The van der Waals surface area contributed by atoms with Crippen molar-refractivity contribution >= 4 is 17.7 Å². The highest BCUT2D eigenvalue weighted by atomic mass is 32.2. The zero-order valence-corrected chi connectivity index (χ0v) is 23.3. The molecular formula is C30H42N2O5S. The van der Waals surface area contributed by atoms with Crippen molar-refractivity contribution in [2.45, 2.75) is 93.7 Å². The first-order chi connectivity index (χ1) is 18.2. The maximum Gasteiger partial charge on any atom is 0.237 e. The van der Waals surface area contributed by atoms with Crippen LogP contribution in [0.3, 0.4) is 0 Å². The molecule has 1 saturated heterocycles. The van der Waals surface area contributed by atoms with Crippen LogP contribution < -0.4 is 11.1 Å². The van der Waals surface area contributed by atoms with E-state index in [1.54, 1.807) is 0 Å². The number of hydrogen-bond acceptors (Lipinski definition) is 7. The van der Waals surface area contributed by atoms with E-state index in [0.717, 1.165) is 74.6 Å². The highest BCUT2D eigenvalue weighted by molar-refractivity contribution is 7.99. The second-order valence-corrected chi connectivity index (χ2v) is 11.8. The number of benzene rings is 2. The van der Waals surface area contributed by atoms with E-state index >= 15 is 0 Å². The molecule has 0 spiro atoms. The number of carbonyl (C=O) groups excluding carboxylic acids is 1. The van der Waals surface area contributed by atoms with Gasteiger partial charge in [0.25, 0.3) is 0 Å². The van der Waals surface area contributed by atoms with Crippen molar-refractivity contribution in [3.63, 3.8) is 0 Å². The predicted octanol–water partition coefficient (Wildman–Crippen LogP) is 3.14. The maximum atomic E-state index is 11.9. The molecule has 2 aliphatic rings. The lowest BCUT2D eigenvalue weighted by Crippen LogP contribution is -2.53. The van der Waals surface area contributed by atoms with Crippen molar-refractivity contribution in [1.82, 2.24) is 5.32 Å². The van der Waals surface area contributed by atoms with Gasteiger partial charge in [-0.2, -0.15) is 0 Å². The molecule has 1 aliphatic carbocycles. The van der Waals surface area contributed by atoms with Gasteiger partial charge in [-0.3, -0.25) is 4.79 Å². The maximum absolute atomic E-state index is 11.9. The van der Waals surface area contributed by atoms with E-state index in [2.05, 4.69) is 36.5 Å². The monoisotopic (exact) mass is 542 g/mol. The van der Waals surface area contributed by atoms with E-state index in [1.807, 2.05) is 24.5 Å². The number of nitrogens with one attached hydrogen (secondary N) is 1. The average Bonchev–Trinajstić information content (AvgIpc) is 3.40. The number of unbranched alkanes of at least 4 members (excludes halogenated alkanes) is 1. The van der Waals surface area contributed by atoms with Crippen LogP contribution in [-0.2, 0) is 22.4 Å². The summed E-state index contributed by atoms with van der Waals surface area (Å²) in [5, 5.41) is 34.5. The first-order valence-electron chi connectivity index (χ1n) is 13.7. The van der Waals surface area contributed by atoms with Gasteiger partial charge in [0.15, 0.2) is 0 Å². The van der Waals surface area contributed by atoms with Gasteiger partial charge >= 0.3 is 0 Å². The van der Waals surface area contributed by atoms with E-state index in [4.69, 9.17) is 10.5 Å². The summed E-state index contributed by atoms with van der Waals surface area (Å²) in [5.74, 6) is -0.214. The lowest BCUT2D eigenvalue weighted by Gasteiger charge is -2.40. The Morgan fingerprint density at radius 1 is 1.03 bits per heavy atom. The molecule has 0 radical (unpaired) electrons. The van der Waals surface area contributed by atoms with Crippen molar-refractivity contribution in [3.8, 4) is 0 Å². The molecule has 8 heteroatoms. The third kappa shape index (κ3) is 6.61. The zero-order chi connectivity index (χ0) is 27.3. The minimum absolute atomic E-state index is 0.214. The Balaban J connectivity index is 1.31. The van der Waals surface area contributed by atoms with E-state index in [0.29, 0.717) is 0 Å². The minimum atomic E-state index is -1.26. The summed E-state index contributed by atoms with van der Waals surface area (Å²) in [6, 6.07) is 14.7. The summed E-state index contributed by atoms with van der Waals surface area (Å²) in [4.78, 5) is 11.9. The standard InChI is InChI=1S/C30H42N2O5S/c1-19-8-13-22(27-25(34)24(33)26(35)28(37-27)38-2)18-23(19)17-21-11-9-20(10-12-21)7-3-6-16-32-30(29(31)36)14-4-5-15-30/h8-13,18,24-28,32-35H,3-7,14-17H2,1-2H3,(H2,31,36)/t24-,25-,26+,27?,28-/m1/s1. The van der Waals surface area contributed by atoms with Gasteiger partial charge in [0, 0.05) is 0 Å². The second-order valence-electron chi connectivity index (χ2n) is 10.8. The van der Waals surface area contributed by atoms with Crippen molar-refractivity contribution < 1.29 is 24.9 Å². The van der Waals surface area contributed by atoms with Gasteiger partial charge in [-0.25, -0.2) is 0 Å². The third-order valence-corrected chi connectivity index (χ3v) is 9.06. The highest BCUT2D eigenvalue weighted by Crippen LogP contribution is 2.36. The van der Waals surface area contributed by atoms with Crippen molar-refractivity contribution in [1.29, 1.82) is 0 Å². The van der Waals surface area contributed by atoms with Crippen LogP contribution in [-0.4, -0.2) is 63.3 Å². The number of primary amides is 1. The molecule has 208 valence electrons. The van der Waals surface area contributed by atoms with Crippen molar-refractivity contribution in [3.05, 3.63) is 70.3 Å². The summed E-state index contributed by atoms with van der Waals surface area (Å²) < 4.78 is 5.95. The summed E-state index contributed by atoms with van der Waals surface area (Å²) >= 11 is 1.32. The molecule has 4 rings (SSSR count). The largest absolute Gasteiger partial charge is 0.387 e. The number of amides is 1. The van der Waals surface area contributed by atoms with Crippen LogP contribution in [0.25, 0.3) is 0 Å². The second kappa shape index (κ2) is 12.9. The number of carbonyl (C=O) groups is 1. The Morgan fingerprint density at radius 3 is 2.37 bits per heavy atom. The lowest BCUT2D eigenvalue weighted by atomic mass is 9.91. The van der Waals surface area contributed by atoms with Crippen LogP contribution in [0.15, 0.2) is 42.5 Å². The van der Waals surface area contributed by atoms with Gasteiger partial charge in [-0.05, 0) is 86.1 Å². The predicted molar refractivity (Wildman–Crippen MR) is 151 cm³/mol. The van der Waals surface area contributed by atoms with Gasteiger partial charge < -0.3 is 31.1 Å². The van der Waals surface area contributed by atoms with Gasteiger partial charge in [0.1, 0.15) is 29.9 Å². The molecule has 1 unspecified atom stereocenters. The van der Waals surface area contributed by atoms with Gasteiger partial charge in [-0.1, -0.05) is 55.3 Å². The normalized spacial score (nSPS) is 26.9. The van der Waals surface area contributed by atoms with Crippen LogP contribution in [0.1, 0.15) is 72.4 Å². The topological polar surface area (TPSA) is 125 Å². The number of aliphatic hydroxyl groups excluding tert-OH is 3. The SMILES string of the molecule is CS[C@H]1OC(c2ccc(C)c(Cc3ccc(CCCCNC4(C(N)=O)CCCC4)cc3)c2)[C@H](O)[C@@H](O)[C@@H]1O. The summed E-state index contributed by atoms with van der Waals surface area (Å²) in [6.45, 7) is 2.88. The fourth-order valence-electron chi connectivity index (χ4n) is 5.69. The molecule has 0 aromatic heterocycles. The van der Waals surface area contributed by atoms with Crippen LogP contribution in [0.2, 0.25) is 0 Å². The smallest absolute Gasteiger partial charge is 0.237 e. The first kappa shape index (κ1) is 29.1. The van der Waals surface area contributed by atoms with E-state index < -0.39 is 35.4 Å². The number of thioether (sulfide) groups is 1. The van der Waals surface area contributed by atoms with Crippen LogP contribution >= 0.6 is 11.8 Å². The molecule has 1 aliphatic heterocycles. The molecule has 5 atom stereocenters. The number of hydrogen-bond donors (Lipinski definition) is 5. The molecule has 1 heterocycles. The fraction of sp³-hybridized carbons (Fsp3) is 0.567. The Bertz CT molecular complexity index is 1070. The molecular weight excluding hydrogens is 500 g/mol. The van der Waals surface area contributed by atoms with E-state index in [9.17, 15) is 20.1 Å². The quantitative estimate of drug-likeness (QED) is 0.276. The summed E-state index contributed by atoms with van der Waals surface area (Å²) in [5.41, 5.74) is 10.1. The van der Waals surface area contributed by atoms with Crippen LogP contribution in [0.5, 0.6) is 0 Å². The van der Waals surface area contributed by atoms with Gasteiger partial charge in [0.05, 0.1) is 5.54 Å². The van der Waals surface area contributed by atoms with E-state index in [-0.39, 0.29) is 5.91 Å². The average molecular weight is 543 g/mol. The molecule has 1 saturated carbocycles. The molecule has 2 aromatic rings. The van der Waals surface area contributed by atoms with Crippen molar-refractivity contribution in [2.24, 2.45) is 5.73 Å². The highest BCUT2D eigenvalue weighted by Gasteiger charge is 2.44. The minimum Gasteiger partial charge on any atom is -0.387 e. The van der Waals surface area contributed by atoms with E-state index in [1.165, 1.54) is 22.9 Å². The number of nitrogens with two attached hydrogens (primary N) is 1. The molecule has 0 bridgehead atoms. The Kier molecular flexibility index (Phi) is 9.89. The number of aliphatic hydroxyl groups is 3. The molecule has 38 heavy (non-hydrogen) atoms. The lowest BCUT2D eigenvalue weighted by molar-refractivity contribution is -0.200. The van der Waals surface area contributed by atoms with Gasteiger partial charge in [-0.15, -0.1) is 11.8 Å². The molecule has 7 nitrogen and oxygen atoms in total. The Hall–Kier alpha value is -1.94.